The van der Waals surface area contributed by atoms with Gasteiger partial charge in [0.05, 0.1) is 25.7 Å². The second kappa shape index (κ2) is 7.81. The van der Waals surface area contributed by atoms with Crippen molar-refractivity contribution in [1.29, 1.82) is 0 Å². The number of hydrogen-bond acceptors (Lipinski definition) is 4. The minimum Gasteiger partial charge on any atom is -0.376 e. The number of halogens is 2. The number of hydrogen-bond donors (Lipinski definition) is 0. The Hall–Kier alpha value is -1.57. The van der Waals surface area contributed by atoms with E-state index in [0.29, 0.717) is 6.61 Å². The molecular formula is C16H21F2NO4. The highest BCUT2D eigenvalue weighted by atomic mass is 19.1. The van der Waals surface area contributed by atoms with Gasteiger partial charge in [0.15, 0.2) is 0 Å². The fourth-order valence-electron chi connectivity index (χ4n) is 2.75. The molecule has 5 nitrogen and oxygen atoms in total. The van der Waals surface area contributed by atoms with Gasteiger partial charge in [0, 0.05) is 26.8 Å². The third kappa shape index (κ3) is 3.85. The van der Waals surface area contributed by atoms with E-state index in [0.717, 1.165) is 12.1 Å². The van der Waals surface area contributed by atoms with E-state index in [-0.39, 0.29) is 36.8 Å². The molecule has 3 atom stereocenters. The molecule has 1 aliphatic rings. The molecule has 1 aromatic carbocycles. The lowest BCUT2D eigenvalue weighted by Crippen LogP contribution is -2.57. The molecule has 1 amide bonds. The summed E-state index contributed by atoms with van der Waals surface area (Å²) in [5.41, 5.74) is -0.238. The van der Waals surface area contributed by atoms with Gasteiger partial charge >= 0.3 is 0 Å². The van der Waals surface area contributed by atoms with E-state index in [4.69, 9.17) is 14.2 Å². The zero-order valence-corrected chi connectivity index (χ0v) is 13.4. The highest BCUT2D eigenvalue weighted by Crippen LogP contribution is 2.20. The Bertz CT molecular complexity index is 535. The predicted octanol–water partition coefficient (Wildman–Crippen LogP) is 1.39. The molecule has 2 rings (SSSR count). The summed E-state index contributed by atoms with van der Waals surface area (Å²) in [5.74, 6) is -1.88. The molecule has 0 N–H and O–H groups in total. The van der Waals surface area contributed by atoms with E-state index in [1.165, 1.54) is 18.1 Å². The van der Waals surface area contributed by atoms with E-state index in [1.807, 2.05) is 0 Å². The van der Waals surface area contributed by atoms with Crippen LogP contribution in [0.1, 0.15) is 5.56 Å². The lowest BCUT2D eigenvalue weighted by atomic mass is 10.0. The number of carbonyl (C=O) groups excluding carboxylic acids is 1. The number of rotatable bonds is 5. The van der Waals surface area contributed by atoms with Crippen LogP contribution in [-0.2, 0) is 25.4 Å². The van der Waals surface area contributed by atoms with Crippen LogP contribution in [0.25, 0.3) is 0 Å². The molecule has 0 aliphatic carbocycles. The van der Waals surface area contributed by atoms with Gasteiger partial charge in [-0.25, -0.2) is 8.78 Å². The van der Waals surface area contributed by atoms with Gasteiger partial charge in [0.25, 0.3) is 0 Å². The summed E-state index contributed by atoms with van der Waals surface area (Å²) in [4.78, 5) is 13.8. The van der Waals surface area contributed by atoms with Gasteiger partial charge in [-0.1, -0.05) is 6.07 Å². The fraction of sp³-hybridized carbons (Fsp3) is 0.562. The molecule has 7 heteroatoms. The Morgan fingerprint density at radius 1 is 1.26 bits per heavy atom. The Labute approximate surface area is 134 Å². The Kier molecular flexibility index (Phi) is 6.04. The number of likely N-dealkylation sites (N-methyl/N-ethyl adjacent to an activating group) is 1. The van der Waals surface area contributed by atoms with Crippen molar-refractivity contribution in [1.82, 2.24) is 4.90 Å². The molecule has 0 bridgehead atoms. The van der Waals surface area contributed by atoms with Crippen molar-refractivity contribution < 1.29 is 27.8 Å². The summed E-state index contributed by atoms with van der Waals surface area (Å²) in [5, 5.41) is 0. The first kappa shape index (κ1) is 17.8. The number of ether oxygens (including phenoxy) is 3. The first-order valence-corrected chi connectivity index (χ1v) is 7.31. The van der Waals surface area contributed by atoms with Crippen LogP contribution in [0, 0.1) is 11.6 Å². The normalized spacial score (nSPS) is 24.5. The SMILES string of the molecule is CO[C@H]1[C@H](N(C)C(=O)Cc2c(F)cccc2F)COC[C@H]1OC. The molecule has 0 spiro atoms. The van der Waals surface area contributed by atoms with Gasteiger partial charge in [-0.05, 0) is 12.1 Å². The first-order valence-electron chi connectivity index (χ1n) is 7.31. The third-order valence-electron chi connectivity index (χ3n) is 4.17. The minimum absolute atomic E-state index is 0.238. The summed E-state index contributed by atoms with van der Waals surface area (Å²) in [6, 6.07) is 3.14. The van der Waals surface area contributed by atoms with Crippen LogP contribution in [0.15, 0.2) is 18.2 Å². The van der Waals surface area contributed by atoms with Crippen molar-refractivity contribution in [3.8, 4) is 0 Å². The minimum atomic E-state index is -0.732. The van der Waals surface area contributed by atoms with Crippen molar-refractivity contribution in [2.24, 2.45) is 0 Å². The summed E-state index contributed by atoms with van der Waals surface area (Å²) >= 11 is 0. The lowest BCUT2D eigenvalue weighted by Gasteiger charge is -2.40. The van der Waals surface area contributed by atoms with Gasteiger partial charge in [-0.3, -0.25) is 4.79 Å². The molecule has 1 saturated heterocycles. The van der Waals surface area contributed by atoms with Crippen LogP contribution in [0.5, 0.6) is 0 Å². The molecule has 1 aliphatic heterocycles. The topological polar surface area (TPSA) is 48.0 Å². The van der Waals surface area contributed by atoms with Crippen LogP contribution >= 0.6 is 0 Å². The lowest BCUT2D eigenvalue weighted by molar-refractivity contribution is -0.164. The number of carbonyl (C=O) groups is 1. The molecule has 0 aromatic heterocycles. The van der Waals surface area contributed by atoms with E-state index in [9.17, 15) is 13.6 Å². The van der Waals surface area contributed by atoms with E-state index in [1.54, 1.807) is 14.2 Å². The largest absolute Gasteiger partial charge is 0.376 e. The van der Waals surface area contributed by atoms with E-state index >= 15 is 0 Å². The Morgan fingerprint density at radius 2 is 1.91 bits per heavy atom. The third-order valence-corrected chi connectivity index (χ3v) is 4.17. The maximum atomic E-state index is 13.7. The van der Waals surface area contributed by atoms with Crippen LogP contribution in [0.2, 0.25) is 0 Å². The highest BCUT2D eigenvalue weighted by molar-refractivity contribution is 5.79. The Morgan fingerprint density at radius 3 is 2.48 bits per heavy atom. The number of benzene rings is 1. The Balaban J connectivity index is 2.12. The van der Waals surface area contributed by atoms with Gasteiger partial charge in [0.2, 0.25) is 5.91 Å². The van der Waals surface area contributed by atoms with E-state index < -0.39 is 17.5 Å². The maximum Gasteiger partial charge on any atom is 0.227 e. The van der Waals surface area contributed by atoms with Crippen LogP contribution in [0.3, 0.4) is 0 Å². The smallest absolute Gasteiger partial charge is 0.227 e. The summed E-state index contributed by atoms with van der Waals surface area (Å²) in [6.07, 6.45) is -1.04. The van der Waals surface area contributed by atoms with Crippen molar-refractivity contribution in [2.75, 3.05) is 34.5 Å². The summed E-state index contributed by atoms with van der Waals surface area (Å²) < 4.78 is 43.6. The zero-order valence-electron chi connectivity index (χ0n) is 13.4. The number of amides is 1. The molecule has 0 unspecified atom stereocenters. The quantitative estimate of drug-likeness (QED) is 0.819. The number of methoxy groups -OCH3 is 2. The maximum absolute atomic E-state index is 13.7. The fourth-order valence-corrected chi connectivity index (χ4v) is 2.75. The second-order valence-corrected chi connectivity index (χ2v) is 5.46. The average Bonchev–Trinajstić information content (AvgIpc) is 2.56. The van der Waals surface area contributed by atoms with Gasteiger partial charge in [0.1, 0.15) is 23.8 Å². The molecule has 1 fully saturated rings. The van der Waals surface area contributed by atoms with Crippen molar-refractivity contribution >= 4 is 5.91 Å². The van der Waals surface area contributed by atoms with Gasteiger partial charge in [-0.2, -0.15) is 0 Å². The van der Waals surface area contributed by atoms with Gasteiger partial charge in [-0.15, -0.1) is 0 Å². The van der Waals surface area contributed by atoms with Crippen LogP contribution in [-0.4, -0.2) is 63.5 Å². The molecule has 0 saturated carbocycles. The molecule has 0 radical (unpaired) electrons. The van der Waals surface area contributed by atoms with Crippen molar-refractivity contribution in [3.63, 3.8) is 0 Å². The zero-order chi connectivity index (χ0) is 17.0. The molecule has 23 heavy (non-hydrogen) atoms. The molecule has 128 valence electrons. The molecular weight excluding hydrogens is 308 g/mol. The molecule has 1 heterocycles. The second-order valence-electron chi connectivity index (χ2n) is 5.46. The number of nitrogens with zero attached hydrogens (tertiary/aromatic N) is 1. The van der Waals surface area contributed by atoms with Gasteiger partial charge < -0.3 is 19.1 Å². The standard InChI is InChI=1S/C16H21F2NO4/c1-19(13-8-23-9-14(21-2)16(13)22-3)15(20)7-10-11(17)5-4-6-12(10)18/h4-6,13-14,16H,7-9H2,1-3H3/t13-,14-,16+/m1/s1. The highest BCUT2D eigenvalue weighted by Gasteiger charge is 2.38. The van der Waals surface area contributed by atoms with E-state index in [2.05, 4.69) is 0 Å². The van der Waals surface area contributed by atoms with Crippen LogP contribution in [0.4, 0.5) is 8.78 Å². The average molecular weight is 329 g/mol. The van der Waals surface area contributed by atoms with Crippen molar-refractivity contribution in [2.45, 2.75) is 24.7 Å². The van der Waals surface area contributed by atoms with Crippen molar-refractivity contribution in [3.05, 3.63) is 35.4 Å². The molecule has 1 aromatic rings. The summed E-state index contributed by atoms with van der Waals surface area (Å²) in [6.45, 7) is 0.649. The van der Waals surface area contributed by atoms with Crippen LogP contribution < -0.4 is 0 Å². The monoisotopic (exact) mass is 329 g/mol. The first-order chi connectivity index (χ1) is 11.0. The summed E-state index contributed by atoms with van der Waals surface area (Å²) in [7, 11) is 4.64. The predicted molar refractivity (Wildman–Crippen MR) is 79.0 cm³/mol.